The molecule has 28 heavy (non-hydrogen) atoms. The fraction of sp³-hybridized carbons (Fsp3) is 0.200. The van der Waals surface area contributed by atoms with Gasteiger partial charge >= 0.3 is 0 Å². The molecule has 2 N–H and O–H groups in total. The average Bonchev–Trinajstić information content (AvgIpc) is 3.18. The zero-order valence-corrected chi connectivity index (χ0v) is 15.3. The summed E-state index contributed by atoms with van der Waals surface area (Å²) in [5.41, 5.74) is -0.410. The zero-order valence-electron chi connectivity index (χ0n) is 15.3. The van der Waals surface area contributed by atoms with Gasteiger partial charge in [-0.3, -0.25) is 9.59 Å². The molecule has 0 spiro atoms. The maximum Gasteiger partial charge on any atom is 0.261 e. The van der Waals surface area contributed by atoms with Gasteiger partial charge in [-0.25, -0.2) is 8.78 Å². The minimum Gasteiger partial charge on any atom is -0.463 e. The normalized spacial score (nSPS) is 12.2. The maximum absolute atomic E-state index is 14.1. The third-order valence-electron chi connectivity index (χ3n) is 4.35. The van der Waals surface area contributed by atoms with Crippen LogP contribution in [0.2, 0.25) is 0 Å². The molecular weight excluding hydrogens is 368 g/mol. The van der Waals surface area contributed by atoms with Crippen molar-refractivity contribution in [1.82, 2.24) is 15.2 Å². The lowest BCUT2D eigenvalue weighted by atomic mass is 10.0. The molecular formula is C20H19F2N3O3. The van der Waals surface area contributed by atoms with Crippen LogP contribution in [0.15, 0.2) is 57.9 Å². The maximum atomic E-state index is 14.1. The van der Waals surface area contributed by atoms with E-state index in [2.05, 4.69) is 10.3 Å². The van der Waals surface area contributed by atoms with Gasteiger partial charge in [0.2, 0.25) is 0 Å². The molecule has 0 aliphatic rings. The molecule has 146 valence electrons. The van der Waals surface area contributed by atoms with E-state index in [4.69, 9.17) is 4.42 Å². The summed E-state index contributed by atoms with van der Waals surface area (Å²) in [6, 6.07) is 9.14. The Labute approximate surface area is 159 Å². The van der Waals surface area contributed by atoms with Crippen LogP contribution in [0.1, 0.15) is 22.0 Å². The first-order chi connectivity index (χ1) is 13.4. The van der Waals surface area contributed by atoms with Crippen molar-refractivity contribution >= 4 is 5.91 Å². The lowest BCUT2D eigenvalue weighted by molar-refractivity contribution is 0.0939. The molecule has 1 aromatic carbocycles. The Bertz CT molecular complexity index is 1010. The van der Waals surface area contributed by atoms with E-state index in [1.54, 1.807) is 37.2 Å². The number of nitrogens with zero attached hydrogens (tertiary/aromatic N) is 1. The lowest BCUT2D eigenvalue weighted by Crippen LogP contribution is -2.37. The number of rotatable bonds is 6. The van der Waals surface area contributed by atoms with E-state index in [0.717, 1.165) is 12.1 Å². The number of carbonyl (C=O) groups excluding carboxylic acids is 1. The third kappa shape index (κ3) is 4.01. The molecule has 1 unspecified atom stereocenters. The van der Waals surface area contributed by atoms with Gasteiger partial charge in [0.1, 0.15) is 23.0 Å². The Balaban J connectivity index is 1.78. The Morgan fingerprint density at radius 1 is 1.14 bits per heavy atom. The predicted octanol–water partition coefficient (Wildman–Crippen LogP) is 2.95. The summed E-state index contributed by atoms with van der Waals surface area (Å²) >= 11 is 0. The van der Waals surface area contributed by atoms with Crippen LogP contribution in [0.3, 0.4) is 0 Å². The first kappa shape index (κ1) is 19.5. The fourth-order valence-electron chi connectivity index (χ4n) is 2.88. The van der Waals surface area contributed by atoms with Crippen LogP contribution in [0.4, 0.5) is 8.78 Å². The first-order valence-corrected chi connectivity index (χ1v) is 8.54. The number of halogens is 2. The highest BCUT2D eigenvalue weighted by Gasteiger charge is 2.23. The van der Waals surface area contributed by atoms with E-state index in [0.29, 0.717) is 11.5 Å². The number of amides is 1. The van der Waals surface area contributed by atoms with Gasteiger partial charge in [-0.1, -0.05) is 6.07 Å². The number of H-pyrrole nitrogens is 1. The number of nitrogens with one attached hydrogen (secondary N) is 2. The van der Waals surface area contributed by atoms with Gasteiger partial charge in [0, 0.05) is 12.1 Å². The Morgan fingerprint density at radius 3 is 2.43 bits per heavy atom. The summed E-state index contributed by atoms with van der Waals surface area (Å²) in [6.07, 6.45) is 1.47. The summed E-state index contributed by atoms with van der Waals surface area (Å²) in [6.45, 7) is -0.0803. The molecule has 0 fully saturated rings. The number of aromatic nitrogens is 1. The zero-order chi connectivity index (χ0) is 20.3. The minimum atomic E-state index is -0.744. The van der Waals surface area contributed by atoms with Gasteiger partial charge in [-0.15, -0.1) is 0 Å². The molecule has 6 nitrogen and oxygen atoms in total. The van der Waals surface area contributed by atoms with Crippen molar-refractivity contribution in [1.29, 1.82) is 0 Å². The summed E-state index contributed by atoms with van der Waals surface area (Å²) < 4.78 is 33.4. The van der Waals surface area contributed by atoms with Crippen molar-refractivity contribution in [3.63, 3.8) is 0 Å². The fourth-order valence-corrected chi connectivity index (χ4v) is 2.88. The van der Waals surface area contributed by atoms with Gasteiger partial charge in [0.15, 0.2) is 0 Å². The van der Waals surface area contributed by atoms with Crippen molar-refractivity contribution in [2.24, 2.45) is 0 Å². The van der Waals surface area contributed by atoms with Crippen LogP contribution in [0, 0.1) is 11.6 Å². The van der Waals surface area contributed by atoms with Crippen LogP contribution >= 0.6 is 0 Å². The summed E-state index contributed by atoms with van der Waals surface area (Å²) in [5, 5.41) is 2.57. The van der Waals surface area contributed by atoms with Gasteiger partial charge in [0.25, 0.3) is 11.5 Å². The molecule has 1 atom stereocenters. The highest BCUT2D eigenvalue weighted by atomic mass is 19.1. The van der Waals surface area contributed by atoms with Crippen molar-refractivity contribution < 1.29 is 18.0 Å². The van der Waals surface area contributed by atoms with E-state index >= 15 is 0 Å². The number of likely N-dealkylation sites (N-methyl/N-ethyl adjacent to an activating group) is 1. The highest BCUT2D eigenvalue weighted by molar-refractivity contribution is 5.94. The van der Waals surface area contributed by atoms with Crippen LogP contribution in [0.25, 0.3) is 11.5 Å². The Hall–Kier alpha value is -3.26. The van der Waals surface area contributed by atoms with Crippen molar-refractivity contribution in [2.75, 3.05) is 20.6 Å². The molecule has 3 aromatic rings. The van der Waals surface area contributed by atoms with Crippen LogP contribution in [-0.2, 0) is 0 Å². The second-order valence-corrected chi connectivity index (χ2v) is 6.42. The standard InChI is InChI=1S/C20H19F2N3O3/c1-25(2)16(18-13(21)5-3-6-14(18)22)11-23-19(26)12-8-9-15(24-20(12)27)17-7-4-10-28-17/h3-10,16H,11H2,1-2H3,(H,23,26)(H,24,27). The van der Waals surface area contributed by atoms with Crippen LogP contribution in [0.5, 0.6) is 0 Å². The average molecular weight is 387 g/mol. The number of aromatic amines is 1. The molecule has 0 aliphatic heterocycles. The monoisotopic (exact) mass is 387 g/mol. The topological polar surface area (TPSA) is 78.3 Å². The van der Waals surface area contributed by atoms with E-state index in [9.17, 15) is 18.4 Å². The first-order valence-electron chi connectivity index (χ1n) is 8.54. The van der Waals surface area contributed by atoms with Crippen molar-refractivity contribution in [2.45, 2.75) is 6.04 Å². The van der Waals surface area contributed by atoms with E-state index in [1.165, 1.54) is 18.4 Å². The molecule has 0 bridgehead atoms. The van der Waals surface area contributed by atoms with Gasteiger partial charge in [-0.05, 0) is 50.5 Å². The molecule has 2 aromatic heterocycles. The Morgan fingerprint density at radius 2 is 1.86 bits per heavy atom. The molecule has 8 heteroatoms. The number of pyridine rings is 1. The molecule has 0 radical (unpaired) electrons. The van der Waals surface area contributed by atoms with Gasteiger partial charge in [0.05, 0.1) is 18.0 Å². The highest BCUT2D eigenvalue weighted by Crippen LogP contribution is 2.24. The smallest absolute Gasteiger partial charge is 0.261 e. The van der Waals surface area contributed by atoms with Crippen molar-refractivity contribution in [3.8, 4) is 11.5 Å². The SMILES string of the molecule is CN(C)C(CNC(=O)c1ccc(-c2ccco2)[nH]c1=O)c1c(F)cccc1F. The minimum absolute atomic E-state index is 0.0803. The van der Waals surface area contributed by atoms with Gasteiger partial charge < -0.3 is 19.6 Å². The Kier molecular flexibility index (Phi) is 5.70. The van der Waals surface area contributed by atoms with Crippen LogP contribution < -0.4 is 10.9 Å². The van der Waals surface area contributed by atoms with E-state index in [-0.39, 0.29) is 17.7 Å². The molecule has 2 heterocycles. The lowest BCUT2D eigenvalue weighted by Gasteiger charge is -2.25. The second kappa shape index (κ2) is 8.18. The largest absolute Gasteiger partial charge is 0.463 e. The number of benzene rings is 1. The number of carbonyl (C=O) groups is 1. The molecule has 3 rings (SSSR count). The van der Waals surface area contributed by atoms with Gasteiger partial charge in [-0.2, -0.15) is 0 Å². The third-order valence-corrected chi connectivity index (χ3v) is 4.35. The molecule has 1 amide bonds. The predicted molar refractivity (Wildman–Crippen MR) is 99.9 cm³/mol. The van der Waals surface area contributed by atoms with E-state index in [1.807, 2.05) is 0 Å². The second-order valence-electron chi connectivity index (χ2n) is 6.42. The van der Waals surface area contributed by atoms with E-state index < -0.39 is 29.1 Å². The van der Waals surface area contributed by atoms with Crippen LogP contribution in [-0.4, -0.2) is 36.4 Å². The number of hydrogen-bond acceptors (Lipinski definition) is 4. The summed E-state index contributed by atoms with van der Waals surface area (Å²) in [7, 11) is 3.29. The summed E-state index contributed by atoms with van der Waals surface area (Å²) in [4.78, 5) is 28.8. The summed E-state index contributed by atoms with van der Waals surface area (Å²) in [5.74, 6) is -1.58. The molecule has 0 aliphatic carbocycles. The quantitative estimate of drug-likeness (QED) is 0.682. The number of hydrogen-bond donors (Lipinski definition) is 2. The molecule has 0 saturated heterocycles. The molecule has 0 saturated carbocycles. The number of furan rings is 1. The van der Waals surface area contributed by atoms with Crippen molar-refractivity contribution in [3.05, 3.63) is 81.8 Å².